The Morgan fingerprint density at radius 2 is 2.11 bits per heavy atom. The van der Waals surface area contributed by atoms with E-state index in [2.05, 4.69) is 20.1 Å². The van der Waals surface area contributed by atoms with Gasteiger partial charge in [0, 0.05) is 4.91 Å². The second kappa shape index (κ2) is 4.98. The molecule has 8 heteroatoms. The van der Waals surface area contributed by atoms with E-state index in [0.717, 1.165) is 5.56 Å². The zero-order valence-corrected chi connectivity index (χ0v) is 9.26. The highest BCUT2D eigenvalue weighted by atomic mass is 16.1. The number of aromatic nitrogens is 3. The van der Waals surface area contributed by atoms with Crippen molar-refractivity contribution in [2.45, 2.75) is 6.54 Å². The van der Waals surface area contributed by atoms with E-state index in [4.69, 9.17) is 11.3 Å². The molecule has 90 valence electrons. The van der Waals surface area contributed by atoms with E-state index in [1.54, 1.807) is 0 Å². The van der Waals surface area contributed by atoms with Gasteiger partial charge in [-0.15, -0.1) is 0 Å². The van der Waals surface area contributed by atoms with Crippen LogP contribution in [0, 0.1) is 0 Å². The van der Waals surface area contributed by atoms with Gasteiger partial charge in [-0.2, -0.15) is 10.1 Å². The van der Waals surface area contributed by atoms with Crippen LogP contribution in [-0.2, 0) is 6.54 Å². The Kier molecular flexibility index (Phi) is 3.22. The van der Waals surface area contributed by atoms with Crippen LogP contribution in [0.4, 0.5) is 11.8 Å². The predicted molar refractivity (Wildman–Crippen MR) is 65.1 cm³/mol. The molecule has 0 amide bonds. The lowest BCUT2D eigenvalue weighted by atomic mass is 10.2. The highest BCUT2D eigenvalue weighted by molar-refractivity contribution is 5.27. The average Bonchev–Trinajstić information content (AvgIpc) is 2.37. The lowest BCUT2D eigenvalue weighted by Crippen LogP contribution is -2.20. The molecule has 0 atom stereocenters. The number of hydrogen-bond donors (Lipinski definition) is 1. The van der Waals surface area contributed by atoms with E-state index in [1.165, 1.54) is 4.68 Å². The molecular formula is C10H9N7O. The lowest BCUT2D eigenvalue weighted by Gasteiger charge is -2.07. The van der Waals surface area contributed by atoms with Crippen LogP contribution < -0.4 is 11.3 Å². The number of azide groups is 1. The number of nitrogens with two attached hydrogens (primary N) is 1. The quantitative estimate of drug-likeness (QED) is 0.494. The maximum atomic E-state index is 11.3. The maximum absolute atomic E-state index is 11.3. The summed E-state index contributed by atoms with van der Waals surface area (Å²) in [6, 6.07) is 9.39. The first-order chi connectivity index (χ1) is 8.70. The molecule has 18 heavy (non-hydrogen) atoms. The molecule has 1 aromatic carbocycles. The van der Waals surface area contributed by atoms with E-state index in [1.807, 2.05) is 30.3 Å². The summed E-state index contributed by atoms with van der Waals surface area (Å²) in [5.74, 6) is -0.344. The fourth-order valence-electron chi connectivity index (χ4n) is 1.40. The van der Waals surface area contributed by atoms with Crippen LogP contribution in [0.15, 0.2) is 40.2 Å². The van der Waals surface area contributed by atoms with Crippen LogP contribution in [0.3, 0.4) is 0 Å². The number of hydrogen-bond acceptors (Lipinski definition) is 5. The summed E-state index contributed by atoms with van der Waals surface area (Å²) < 4.78 is 1.31. The van der Waals surface area contributed by atoms with Gasteiger partial charge in [-0.3, -0.25) is 4.79 Å². The van der Waals surface area contributed by atoms with Gasteiger partial charge in [0.15, 0.2) is 0 Å². The third kappa shape index (κ3) is 2.45. The fraction of sp³-hybridized carbons (Fsp3) is 0.100. The molecule has 0 spiro atoms. The van der Waals surface area contributed by atoms with Gasteiger partial charge in [-0.25, -0.2) is 4.68 Å². The molecule has 8 nitrogen and oxygen atoms in total. The van der Waals surface area contributed by atoms with Gasteiger partial charge in [-0.05, 0) is 16.2 Å². The SMILES string of the molecule is [N-]=[N+]=Nc1nn(Cc2ccccc2)c(N)nc1=O. The highest BCUT2D eigenvalue weighted by Gasteiger charge is 2.06. The molecular weight excluding hydrogens is 234 g/mol. The molecule has 0 aliphatic rings. The maximum Gasteiger partial charge on any atom is 0.303 e. The van der Waals surface area contributed by atoms with Crippen molar-refractivity contribution in [1.82, 2.24) is 14.8 Å². The Bertz CT molecular complexity index is 658. The summed E-state index contributed by atoms with van der Waals surface area (Å²) in [5, 5.41) is 7.02. The summed E-state index contributed by atoms with van der Waals surface area (Å²) in [6.07, 6.45) is 0. The molecule has 0 saturated carbocycles. The van der Waals surface area contributed by atoms with Crippen LogP contribution in [0.5, 0.6) is 0 Å². The first-order valence-corrected chi connectivity index (χ1v) is 5.04. The summed E-state index contributed by atoms with van der Waals surface area (Å²) in [4.78, 5) is 17.4. The van der Waals surface area contributed by atoms with Crippen LogP contribution >= 0.6 is 0 Å². The van der Waals surface area contributed by atoms with Crippen molar-refractivity contribution in [3.8, 4) is 0 Å². The molecule has 0 aliphatic carbocycles. The fourth-order valence-corrected chi connectivity index (χ4v) is 1.40. The van der Waals surface area contributed by atoms with Gasteiger partial charge in [0.1, 0.15) is 0 Å². The van der Waals surface area contributed by atoms with Gasteiger partial charge >= 0.3 is 5.56 Å². The van der Waals surface area contributed by atoms with Crippen LogP contribution in [0.25, 0.3) is 10.4 Å². The Hall–Kier alpha value is -2.86. The van der Waals surface area contributed by atoms with Crippen molar-refractivity contribution < 1.29 is 0 Å². The van der Waals surface area contributed by atoms with Crippen molar-refractivity contribution in [2.75, 3.05) is 5.73 Å². The topological polar surface area (TPSA) is 123 Å². The van der Waals surface area contributed by atoms with Crippen molar-refractivity contribution in [3.63, 3.8) is 0 Å². The van der Waals surface area contributed by atoms with E-state index in [0.29, 0.717) is 6.54 Å². The molecule has 2 N–H and O–H groups in total. The molecule has 0 unspecified atom stereocenters. The number of benzene rings is 1. The average molecular weight is 243 g/mol. The van der Waals surface area contributed by atoms with Gasteiger partial charge in [0.2, 0.25) is 11.8 Å². The summed E-state index contributed by atoms with van der Waals surface area (Å²) in [7, 11) is 0. The summed E-state index contributed by atoms with van der Waals surface area (Å²) >= 11 is 0. The molecule has 2 aromatic rings. The summed E-state index contributed by atoms with van der Waals surface area (Å²) in [6.45, 7) is 0.341. The first-order valence-electron chi connectivity index (χ1n) is 5.04. The summed E-state index contributed by atoms with van der Waals surface area (Å²) in [5.41, 5.74) is 14.1. The molecule has 0 aliphatic heterocycles. The molecule has 0 bridgehead atoms. The Labute approximate surface area is 101 Å². The number of anilines is 1. The third-order valence-electron chi connectivity index (χ3n) is 2.20. The second-order valence-electron chi connectivity index (χ2n) is 3.43. The van der Waals surface area contributed by atoms with E-state index < -0.39 is 5.56 Å². The van der Waals surface area contributed by atoms with Crippen molar-refractivity contribution in [2.24, 2.45) is 5.11 Å². The largest absolute Gasteiger partial charge is 0.368 e. The Morgan fingerprint density at radius 1 is 1.39 bits per heavy atom. The van der Waals surface area contributed by atoms with Crippen molar-refractivity contribution in [3.05, 3.63) is 56.7 Å². The van der Waals surface area contributed by atoms with E-state index in [-0.39, 0.29) is 11.8 Å². The molecule has 0 radical (unpaired) electrons. The van der Waals surface area contributed by atoms with Crippen molar-refractivity contribution >= 4 is 11.8 Å². The highest BCUT2D eigenvalue weighted by Crippen LogP contribution is 2.06. The zero-order valence-electron chi connectivity index (χ0n) is 9.26. The van der Waals surface area contributed by atoms with Crippen LogP contribution in [0.2, 0.25) is 0 Å². The van der Waals surface area contributed by atoms with Crippen LogP contribution in [-0.4, -0.2) is 14.8 Å². The zero-order chi connectivity index (χ0) is 13.0. The van der Waals surface area contributed by atoms with E-state index in [9.17, 15) is 4.79 Å². The Balaban J connectivity index is 2.42. The van der Waals surface area contributed by atoms with E-state index >= 15 is 0 Å². The molecule has 0 saturated heterocycles. The minimum Gasteiger partial charge on any atom is -0.368 e. The van der Waals surface area contributed by atoms with Gasteiger partial charge < -0.3 is 5.73 Å². The minimum atomic E-state index is -0.741. The van der Waals surface area contributed by atoms with Gasteiger partial charge in [0.05, 0.1) is 6.54 Å². The normalized spacial score (nSPS) is 9.78. The monoisotopic (exact) mass is 243 g/mol. The molecule has 2 rings (SSSR count). The minimum absolute atomic E-state index is 0.0271. The standard InChI is InChI=1S/C10H9N7O/c11-10-13-9(18)8(14-16-12)15-17(10)6-7-4-2-1-3-5-7/h1-5H,6H2,(H2,11,13,18). The lowest BCUT2D eigenvalue weighted by molar-refractivity contribution is 0.656. The molecule has 1 heterocycles. The number of rotatable bonds is 3. The predicted octanol–water partition coefficient (Wildman–Crippen LogP) is 1.21. The van der Waals surface area contributed by atoms with Gasteiger partial charge in [-0.1, -0.05) is 30.3 Å². The van der Waals surface area contributed by atoms with Crippen LogP contribution in [0.1, 0.15) is 5.56 Å². The Morgan fingerprint density at radius 3 is 2.78 bits per heavy atom. The van der Waals surface area contributed by atoms with Gasteiger partial charge in [0.25, 0.3) is 0 Å². The number of nitrogen functional groups attached to an aromatic ring is 1. The third-order valence-corrected chi connectivity index (χ3v) is 2.20. The number of nitrogens with zero attached hydrogens (tertiary/aromatic N) is 6. The first kappa shape index (κ1) is 11.6. The molecule has 1 aromatic heterocycles. The van der Waals surface area contributed by atoms with Crippen molar-refractivity contribution in [1.29, 1.82) is 0 Å². The second-order valence-corrected chi connectivity index (χ2v) is 3.43. The smallest absolute Gasteiger partial charge is 0.303 e. The molecule has 0 fully saturated rings.